The molecule has 0 saturated heterocycles. The number of likely N-dealkylation sites (N-methyl/N-ethyl adjacent to an activating group) is 1. The lowest BCUT2D eigenvalue weighted by molar-refractivity contribution is -0.124. The summed E-state index contributed by atoms with van der Waals surface area (Å²) in [5.41, 5.74) is 0.597. The number of nitrogens with zero attached hydrogens (tertiary/aromatic N) is 2. The number of carbonyl (C=O) groups excluding carboxylic acids is 2. The van der Waals surface area contributed by atoms with Gasteiger partial charge in [0.05, 0.1) is 23.2 Å². The molecule has 0 unspecified atom stereocenters. The molecule has 0 radical (unpaired) electrons. The molecule has 1 aromatic carbocycles. The Hall–Kier alpha value is -2.35. The highest BCUT2D eigenvalue weighted by atomic mass is 32.2. The number of fused-ring (bicyclic) bond motifs is 1. The fourth-order valence-corrected chi connectivity index (χ4v) is 4.23. The molecular weight excluding hydrogens is 364 g/mol. The number of para-hydroxylation sites is 1. The van der Waals surface area contributed by atoms with Gasteiger partial charge < -0.3 is 10.6 Å². The summed E-state index contributed by atoms with van der Waals surface area (Å²) in [7, 11) is 0. The number of hydrogen-bond donors (Lipinski definition) is 2. The van der Waals surface area contributed by atoms with Crippen LogP contribution < -0.4 is 16.2 Å². The van der Waals surface area contributed by atoms with Crippen LogP contribution in [-0.4, -0.2) is 40.2 Å². The molecule has 1 heterocycles. The molecule has 0 spiro atoms. The van der Waals surface area contributed by atoms with Crippen LogP contribution in [0.15, 0.2) is 34.2 Å². The molecule has 27 heavy (non-hydrogen) atoms. The quantitative estimate of drug-likeness (QED) is 0.558. The lowest BCUT2D eigenvalue weighted by Crippen LogP contribution is -2.37. The smallest absolute Gasteiger partial charge is 0.262 e. The van der Waals surface area contributed by atoms with E-state index in [1.165, 1.54) is 11.8 Å². The second-order valence-electron chi connectivity index (χ2n) is 6.54. The van der Waals surface area contributed by atoms with Crippen LogP contribution in [0.2, 0.25) is 0 Å². The second-order valence-corrected chi connectivity index (χ2v) is 7.49. The van der Waals surface area contributed by atoms with Crippen LogP contribution in [0.1, 0.15) is 38.6 Å². The van der Waals surface area contributed by atoms with Crippen molar-refractivity contribution < 1.29 is 9.59 Å². The van der Waals surface area contributed by atoms with Crippen molar-refractivity contribution >= 4 is 34.5 Å². The van der Waals surface area contributed by atoms with Gasteiger partial charge in [-0.15, -0.1) is 0 Å². The first-order chi connectivity index (χ1) is 13.1. The van der Waals surface area contributed by atoms with Crippen LogP contribution in [0.5, 0.6) is 0 Å². The minimum atomic E-state index is -0.258. The molecular formula is C19H24N4O3S. The fourth-order valence-electron chi connectivity index (χ4n) is 3.33. The van der Waals surface area contributed by atoms with Crippen LogP contribution >= 0.6 is 11.8 Å². The lowest BCUT2D eigenvalue weighted by atomic mass is 10.2. The van der Waals surface area contributed by atoms with E-state index >= 15 is 0 Å². The van der Waals surface area contributed by atoms with Gasteiger partial charge in [0.15, 0.2) is 5.16 Å². The number of aromatic nitrogens is 2. The number of nitrogens with one attached hydrogen (secondary N) is 2. The van der Waals surface area contributed by atoms with Crippen molar-refractivity contribution in [2.45, 2.75) is 43.8 Å². The predicted molar refractivity (Wildman–Crippen MR) is 106 cm³/mol. The van der Waals surface area contributed by atoms with Gasteiger partial charge in [-0.3, -0.25) is 19.0 Å². The Balaban J connectivity index is 1.78. The average molecular weight is 388 g/mol. The monoisotopic (exact) mass is 388 g/mol. The normalized spacial score (nSPS) is 14.4. The second kappa shape index (κ2) is 9.03. The molecule has 144 valence electrons. The first-order valence-electron chi connectivity index (χ1n) is 9.27. The molecule has 7 nitrogen and oxygen atoms in total. The molecule has 1 fully saturated rings. The third-order valence-corrected chi connectivity index (χ3v) is 5.57. The maximum Gasteiger partial charge on any atom is 0.262 e. The minimum absolute atomic E-state index is 0.0438. The van der Waals surface area contributed by atoms with Gasteiger partial charge in [-0.05, 0) is 31.9 Å². The van der Waals surface area contributed by atoms with Gasteiger partial charge in [-0.2, -0.15) is 0 Å². The van der Waals surface area contributed by atoms with Crippen LogP contribution in [0, 0.1) is 0 Å². The van der Waals surface area contributed by atoms with E-state index in [1.807, 2.05) is 25.1 Å². The number of thioether (sulfide) groups is 1. The Morgan fingerprint density at radius 3 is 2.67 bits per heavy atom. The van der Waals surface area contributed by atoms with Crippen molar-refractivity contribution in [1.29, 1.82) is 0 Å². The highest BCUT2D eigenvalue weighted by molar-refractivity contribution is 7.99. The van der Waals surface area contributed by atoms with Crippen molar-refractivity contribution in [1.82, 2.24) is 20.2 Å². The number of hydrogen-bond acceptors (Lipinski definition) is 5. The van der Waals surface area contributed by atoms with E-state index < -0.39 is 0 Å². The number of carbonyl (C=O) groups is 2. The third kappa shape index (κ3) is 4.68. The maximum atomic E-state index is 13.0. The maximum absolute atomic E-state index is 13.0. The summed E-state index contributed by atoms with van der Waals surface area (Å²) < 4.78 is 1.76. The SMILES string of the molecule is CCNC(=O)CNC(=O)CSc1nc2ccccc2c(=O)n1C1CCCC1. The molecule has 2 N–H and O–H groups in total. The predicted octanol–water partition coefficient (Wildman–Crippen LogP) is 1.86. The average Bonchev–Trinajstić information content (AvgIpc) is 3.19. The highest BCUT2D eigenvalue weighted by Crippen LogP contribution is 2.32. The topological polar surface area (TPSA) is 93.1 Å². The van der Waals surface area contributed by atoms with E-state index in [-0.39, 0.29) is 35.7 Å². The molecule has 0 bridgehead atoms. The molecule has 0 aliphatic heterocycles. The van der Waals surface area contributed by atoms with E-state index in [0.717, 1.165) is 25.7 Å². The number of rotatable bonds is 7. The van der Waals surface area contributed by atoms with Gasteiger partial charge >= 0.3 is 0 Å². The minimum Gasteiger partial charge on any atom is -0.355 e. The standard InChI is InChI=1S/C19H24N4O3S/c1-2-20-16(24)11-21-17(25)12-27-19-22-15-10-6-5-9-14(15)18(26)23(19)13-7-3-4-8-13/h5-6,9-10,13H,2-4,7-8,11-12H2,1H3,(H,20,24)(H,21,25). The zero-order valence-electron chi connectivity index (χ0n) is 15.4. The fraction of sp³-hybridized carbons (Fsp3) is 0.474. The molecule has 2 aromatic rings. The number of benzene rings is 1. The molecule has 3 rings (SSSR count). The van der Waals surface area contributed by atoms with Crippen molar-refractivity contribution in [3.8, 4) is 0 Å². The van der Waals surface area contributed by atoms with Gasteiger partial charge in [0, 0.05) is 12.6 Å². The molecule has 1 aromatic heterocycles. The summed E-state index contributed by atoms with van der Waals surface area (Å²) in [6.45, 7) is 2.30. The van der Waals surface area contributed by atoms with Gasteiger partial charge in [0.2, 0.25) is 11.8 Å². The summed E-state index contributed by atoms with van der Waals surface area (Å²) in [5, 5.41) is 6.40. The first kappa shape index (κ1) is 19.4. The van der Waals surface area contributed by atoms with E-state index in [0.29, 0.717) is 22.6 Å². The van der Waals surface area contributed by atoms with Gasteiger partial charge in [-0.1, -0.05) is 36.7 Å². The Morgan fingerprint density at radius 1 is 1.19 bits per heavy atom. The van der Waals surface area contributed by atoms with Crippen LogP contribution in [-0.2, 0) is 9.59 Å². The Morgan fingerprint density at radius 2 is 1.93 bits per heavy atom. The van der Waals surface area contributed by atoms with Crippen molar-refractivity contribution in [3.63, 3.8) is 0 Å². The van der Waals surface area contributed by atoms with Crippen LogP contribution in [0.3, 0.4) is 0 Å². The Bertz CT molecular complexity index is 890. The van der Waals surface area contributed by atoms with Gasteiger partial charge in [0.1, 0.15) is 0 Å². The van der Waals surface area contributed by atoms with E-state index in [1.54, 1.807) is 10.6 Å². The van der Waals surface area contributed by atoms with Crippen LogP contribution in [0.25, 0.3) is 10.9 Å². The zero-order chi connectivity index (χ0) is 19.2. The Kier molecular flexibility index (Phi) is 6.49. The summed E-state index contributed by atoms with van der Waals surface area (Å²) in [6.07, 6.45) is 4.11. The largest absolute Gasteiger partial charge is 0.355 e. The molecule has 1 saturated carbocycles. The van der Waals surface area contributed by atoms with Crippen LogP contribution in [0.4, 0.5) is 0 Å². The Labute approximate surface area is 161 Å². The van der Waals surface area contributed by atoms with E-state index in [9.17, 15) is 14.4 Å². The molecule has 8 heteroatoms. The highest BCUT2D eigenvalue weighted by Gasteiger charge is 2.23. The molecule has 1 aliphatic carbocycles. The summed E-state index contributed by atoms with van der Waals surface area (Å²) in [6, 6.07) is 7.43. The zero-order valence-corrected chi connectivity index (χ0v) is 16.2. The first-order valence-corrected chi connectivity index (χ1v) is 10.3. The van der Waals surface area contributed by atoms with Crippen molar-refractivity contribution in [2.24, 2.45) is 0 Å². The molecule has 0 atom stereocenters. The third-order valence-electron chi connectivity index (χ3n) is 4.62. The van der Waals surface area contributed by atoms with Gasteiger partial charge in [0.25, 0.3) is 5.56 Å². The van der Waals surface area contributed by atoms with Crippen molar-refractivity contribution in [3.05, 3.63) is 34.6 Å². The number of amides is 2. The van der Waals surface area contributed by atoms with Gasteiger partial charge in [-0.25, -0.2) is 4.98 Å². The van der Waals surface area contributed by atoms with E-state index in [2.05, 4.69) is 15.6 Å². The lowest BCUT2D eigenvalue weighted by Gasteiger charge is -2.18. The summed E-state index contributed by atoms with van der Waals surface area (Å²) in [4.78, 5) is 41.2. The summed E-state index contributed by atoms with van der Waals surface area (Å²) in [5.74, 6) is -0.370. The van der Waals surface area contributed by atoms with Crippen molar-refractivity contribution in [2.75, 3.05) is 18.8 Å². The van der Waals surface area contributed by atoms with E-state index in [4.69, 9.17) is 0 Å². The molecule has 1 aliphatic rings. The summed E-state index contributed by atoms with van der Waals surface area (Å²) >= 11 is 1.24. The molecule has 2 amide bonds.